The number of urea groups is 1. The van der Waals surface area contributed by atoms with Gasteiger partial charge in [-0.2, -0.15) is 0 Å². The summed E-state index contributed by atoms with van der Waals surface area (Å²) in [5, 5.41) is 23.4. The average Bonchev–Trinajstić information content (AvgIpc) is 3.18. The van der Waals surface area contributed by atoms with Gasteiger partial charge in [0.25, 0.3) is 0 Å². The molecular weight excluding hydrogens is 256 g/mol. The summed E-state index contributed by atoms with van der Waals surface area (Å²) >= 11 is 0. The molecule has 1 saturated carbocycles. The van der Waals surface area contributed by atoms with Crippen molar-refractivity contribution in [2.75, 3.05) is 13.2 Å². The number of nitrogens with one attached hydrogen (secondary N) is 2. The van der Waals surface area contributed by atoms with E-state index in [9.17, 15) is 9.90 Å². The molecule has 1 aliphatic rings. The Morgan fingerprint density at radius 2 is 2.10 bits per heavy atom. The van der Waals surface area contributed by atoms with E-state index in [1.165, 1.54) is 11.1 Å². The Morgan fingerprint density at radius 3 is 2.70 bits per heavy atom. The average molecular weight is 278 g/mol. The summed E-state index contributed by atoms with van der Waals surface area (Å²) in [5.74, 6) is 0. The third-order valence-corrected chi connectivity index (χ3v) is 3.73. The van der Waals surface area contributed by atoms with Gasteiger partial charge in [0.15, 0.2) is 0 Å². The first-order chi connectivity index (χ1) is 9.54. The van der Waals surface area contributed by atoms with Crippen molar-refractivity contribution in [1.29, 1.82) is 0 Å². The van der Waals surface area contributed by atoms with Crippen LogP contribution >= 0.6 is 0 Å². The monoisotopic (exact) mass is 278 g/mol. The number of hydrogen-bond donors (Lipinski definition) is 4. The standard InChI is InChI=1S/C15H22N2O3/c1-11-4-2-3-5-12(11)8-15(6-7-15)17-14(20)16-9-13(19)10-18/h2-5,13,18-19H,6-10H2,1H3,(H2,16,17,20)/t13-/m0/s1. The van der Waals surface area contributed by atoms with Crippen LogP contribution in [0.25, 0.3) is 0 Å². The number of amides is 2. The maximum atomic E-state index is 11.8. The van der Waals surface area contributed by atoms with Gasteiger partial charge in [-0.05, 0) is 37.3 Å². The molecule has 1 fully saturated rings. The fourth-order valence-corrected chi connectivity index (χ4v) is 2.23. The Labute approximate surface area is 119 Å². The van der Waals surface area contributed by atoms with Gasteiger partial charge < -0.3 is 20.8 Å². The minimum atomic E-state index is -0.910. The van der Waals surface area contributed by atoms with E-state index in [1.54, 1.807) is 0 Å². The number of hydrogen-bond acceptors (Lipinski definition) is 3. The summed E-state index contributed by atoms with van der Waals surface area (Å²) in [6.45, 7) is 1.78. The Kier molecular flexibility index (Phi) is 4.62. The van der Waals surface area contributed by atoms with E-state index in [1.807, 2.05) is 12.1 Å². The zero-order chi connectivity index (χ0) is 14.6. The molecule has 0 aliphatic heterocycles. The zero-order valence-corrected chi connectivity index (χ0v) is 11.7. The Bertz CT molecular complexity index is 472. The van der Waals surface area contributed by atoms with Gasteiger partial charge in [-0.1, -0.05) is 24.3 Å². The van der Waals surface area contributed by atoms with Gasteiger partial charge in [0, 0.05) is 12.1 Å². The van der Waals surface area contributed by atoms with Crippen molar-refractivity contribution < 1.29 is 15.0 Å². The van der Waals surface area contributed by atoms with E-state index >= 15 is 0 Å². The molecule has 20 heavy (non-hydrogen) atoms. The fourth-order valence-electron chi connectivity index (χ4n) is 2.23. The molecule has 0 saturated heterocycles. The molecule has 5 nitrogen and oxygen atoms in total. The first-order valence-electron chi connectivity index (χ1n) is 6.94. The van der Waals surface area contributed by atoms with Gasteiger partial charge in [0.05, 0.1) is 12.7 Å². The Hall–Kier alpha value is -1.59. The second-order valence-corrected chi connectivity index (χ2v) is 5.56. The molecule has 0 spiro atoms. The number of aliphatic hydroxyl groups is 2. The fraction of sp³-hybridized carbons (Fsp3) is 0.533. The lowest BCUT2D eigenvalue weighted by Gasteiger charge is -2.19. The molecule has 4 N–H and O–H groups in total. The summed E-state index contributed by atoms with van der Waals surface area (Å²) in [6, 6.07) is 7.89. The molecule has 0 aromatic heterocycles. The molecule has 1 aromatic carbocycles. The van der Waals surface area contributed by atoms with Crippen LogP contribution in [-0.2, 0) is 6.42 Å². The van der Waals surface area contributed by atoms with Gasteiger partial charge in [0.2, 0.25) is 0 Å². The highest BCUT2D eigenvalue weighted by atomic mass is 16.3. The van der Waals surface area contributed by atoms with Crippen molar-refractivity contribution in [3.63, 3.8) is 0 Å². The van der Waals surface area contributed by atoms with E-state index in [4.69, 9.17) is 5.11 Å². The maximum Gasteiger partial charge on any atom is 0.315 e. The highest BCUT2D eigenvalue weighted by molar-refractivity contribution is 5.75. The van der Waals surface area contributed by atoms with E-state index in [2.05, 4.69) is 29.7 Å². The van der Waals surface area contributed by atoms with Crippen LogP contribution in [0, 0.1) is 6.92 Å². The molecule has 5 heteroatoms. The topological polar surface area (TPSA) is 81.6 Å². The molecule has 2 rings (SSSR count). The Balaban J connectivity index is 1.86. The largest absolute Gasteiger partial charge is 0.394 e. The lowest BCUT2D eigenvalue weighted by Crippen LogP contribution is -2.47. The molecule has 0 bridgehead atoms. The van der Waals surface area contributed by atoms with Crippen LogP contribution in [0.15, 0.2) is 24.3 Å². The van der Waals surface area contributed by atoms with Crippen molar-refractivity contribution in [2.45, 2.75) is 37.8 Å². The third-order valence-electron chi connectivity index (χ3n) is 3.73. The maximum absolute atomic E-state index is 11.8. The van der Waals surface area contributed by atoms with Gasteiger partial charge >= 0.3 is 6.03 Å². The van der Waals surface area contributed by atoms with Crippen LogP contribution in [0.1, 0.15) is 24.0 Å². The molecule has 1 atom stereocenters. The molecule has 1 aromatic rings. The minimum Gasteiger partial charge on any atom is -0.394 e. The summed E-state index contributed by atoms with van der Waals surface area (Å²) < 4.78 is 0. The van der Waals surface area contributed by atoms with E-state index in [0.29, 0.717) is 0 Å². The van der Waals surface area contributed by atoms with Crippen molar-refractivity contribution >= 4 is 6.03 Å². The highest BCUT2D eigenvalue weighted by Gasteiger charge is 2.44. The van der Waals surface area contributed by atoms with Crippen LogP contribution in [0.2, 0.25) is 0 Å². The minimum absolute atomic E-state index is 0.0583. The van der Waals surface area contributed by atoms with Gasteiger partial charge in [-0.3, -0.25) is 0 Å². The smallest absolute Gasteiger partial charge is 0.315 e. The molecule has 1 aliphatic carbocycles. The Morgan fingerprint density at radius 1 is 1.40 bits per heavy atom. The molecule has 110 valence electrons. The van der Waals surface area contributed by atoms with E-state index < -0.39 is 6.10 Å². The normalized spacial score (nSPS) is 17.4. The molecular formula is C15H22N2O3. The predicted octanol–water partition coefficient (Wildman–Crippen LogP) is 0.723. The zero-order valence-electron chi connectivity index (χ0n) is 11.7. The predicted molar refractivity (Wildman–Crippen MR) is 76.5 cm³/mol. The van der Waals surface area contributed by atoms with Crippen LogP contribution in [-0.4, -0.2) is 41.0 Å². The van der Waals surface area contributed by atoms with Crippen molar-refractivity contribution in [3.05, 3.63) is 35.4 Å². The van der Waals surface area contributed by atoms with Gasteiger partial charge in [0.1, 0.15) is 0 Å². The number of carbonyl (C=O) groups is 1. The molecule has 2 amide bonds. The third kappa shape index (κ3) is 3.95. The van der Waals surface area contributed by atoms with E-state index in [0.717, 1.165) is 19.3 Å². The van der Waals surface area contributed by atoms with Crippen molar-refractivity contribution in [3.8, 4) is 0 Å². The second-order valence-electron chi connectivity index (χ2n) is 5.56. The quantitative estimate of drug-likeness (QED) is 0.619. The number of carbonyl (C=O) groups excluding carboxylic acids is 1. The number of aliphatic hydroxyl groups excluding tert-OH is 2. The SMILES string of the molecule is Cc1ccccc1CC1(NC(=O)NC[C@H](O)CO)CC1. The lowest BCUT2D eigenvalue weighted by atomic mass is 10.00. The summed E-state index contributed by atoms with van der Waals surface area (Å²) in [5.41, 5.74) is 2.33. The number of aryl methyl sites for hydroxylation is 1. The van der Waals surface area contributed by atoms with Crippen molar-refractivity contribution in [2.24, 2.45) is 0 Å². The lowest BCUT2D eigenvalue weighted by molar-refractivity contribution is 0.0958. The van der Waals surface area contributed by atoms with Crippen LogP contribution in [0.5, 0.6) is 0 Å². The van der Waals surface area contributed by atoms with Crippen LogP contribution < -0.4 is 10.6 Å². The van der Waals surface area contributed by atoms with Gasteiger partial charge in [-0.25, -0.2) is 4.79 Å². The number of benzene rings is 1. The van der Waals surface area contributed by atoms with E-state index in [-0.39, 0.29) is 24.7 Å². The molecule has 0 heterocycles. The summed E-state index contributed by atoms with van der Waals surface area (Å²) in [4.78, 5) is 11.8. The highest BCUT2D eigenvalue weighted by Crippen LogP contribution is 2.39. The molecule has 0 radical (unpaired) electrons. The first kappa shape index (κ1) is 14.8. The van der Waals surface area contributed by atoms with Crippen LogP contribution in [0.4, 0.5) is 4.79 Å². The second kappa shape index (κ2) is 6.24. The van der Waals surface area contributed by atoms with Crippen LogP contribution in [0.3, 0.4) is 0 Å². The number of rotatable bonds is 6. The summed E-state index contributed by atoms with van der Waals surface area (Å²) in [7, 11) is 0. The van der Waals surface area contributed by atoms with Crippen molar-refractivity contribution in [1.82, 2.24) is 10.6 Å². The van der Waals surface area contributed by atoms with Gasteiger partial charge in [-0.15, -0.1) is 0 Å². The summed E-state index contributed by atoms with van der Waals surface area (Å²) in [6.07, 6.45) is 1.86. The first-order valence-corrected chi connectivity index (χ1v) is 6.94. The molecule has 0 unspecified atom stereocenters.